The molecule has 0 bridgehead atoms. The maximum absolute atomic E-state index is 9.74. The predicted molar refractivity (Wildman–Crippen MR) is 56.8 cm³/mol. The molecule has 12 heavy (non-hydrogen) atoms. The second-order valence-corrected chi connectivity index (χ2v) is 4.40. The Morgan fingerprint density at radius 1 is 1.50 bits per heavy atom. The zero-order chi connectivity index (χ0) is 9.45. The molecular weight excluding hydrogens is 170 g/mol. The summed E-state index contributed by atoms with van der Waals surface area (Å²) >= 11 is 1.82. The number of aliphatic hydroxyl groups is 1. The first kappa shape index (κ1) is 12.3. The predicted octanol–water partition coefficient (Wildman–Crippen LogP) is 1.49. The normalized spacial score (nSPS) is 16.0. The van der Waals surface area contributed by atoms with Gasteiger partial charge in [0.15, 0.2) is 0 Å². The second kappa shape index (κ2) is 6.75. The van der Waals surface area contributed by atoms with Gasteiger partial charge < -0.3 is 10.4 Å². The average molecular weight is 191 g/mol. The van der Waals surface area contributed by atoms with Crippen molar-refractivity contribution in [2.75, 3.05) is 25.1 Å². The lowest BCUT2D eigenvalue weighted by molar-refractivity contribution is 0.0507. The largest absolute Gasteiger partial charge is 0.389 e. The minimum absolute atomic E-state index is 0.521. The van der Waals surface area contributed by atoms with Crippen LogP contribution in [0.5, 0.6) is 0 Å². The van der Waals surface area contributed by atoms with Gasteiger partial charge in [0, 0.05) is 18.8 Å². The van der Waals surface area contributed by atoms with Gasteiger partial charge in [-0.05, 0) is 19.6 Å². The van der Waals surface area contributed by atoms with Gasteiger partial charge in [0.1, 0.15) is 0 Å². The summed E-state index contributed by atoms with van der Waals surface area (Å²) in [6.45, 7) is 5.68. The van der Waals surface area contributed by atoms with Crippen molar-refractivity contribution < 1.29 is 5.11 Å². The molecule has 0 saturated heterocycles. The van der Waals surface area contributed by atoms with Gasteiger partial charge >= 0.3 is 0 Å². The SMILES string of the molecule is CCCC(C)(O)CNCCSC. The molecule has 0 saturated carbocycles. The van der Waals surface area contributed by atoms with Crippen molar-refractivity contribution >= 4 is 11.8 Å². The monoisotopic (exact) mass is 191 g/mol. The quantitative estimate of drug-likeness (QED) is 0.598. The van der Waals surface area contributed by atoms with Crippen LogP contribution in [0, 0.1) is 0 Å². The van der Waals surface area contributed by atoms with Crippen LogP contribution < -0.4 is 5.32 Å². The van der Waals surface area contributed by atoms with Gasteiger partial charge in [-0.25, -0.2) is 0 Å². The molecular formula is C9H21NOS. The Balaban J connectivity index is 3.33. The third-order valence-corrected chi connectivity index (χ3v) is 2.39. The topological polar surface area (TPSA) is 32.3 Å². The minimum Gasteiger partial charge on any atom is -0.389 e. The Morgan fingerprint density at radius 3 is 2.67 bits per heavy atom. The van der Waals surface area contributed by atoms with Gasteiger partial charge in [-0.1, -0.05) is 13.3 Å². The van der Waals surface area contributed by atoms with Crippen LogP contribution in [0.4, 0.5) is 0 Å². The Labute approximate surface area is 80.1 Å². The maximum atomic E-state index is 9.74. The summed E-state index contributed by atoms with van der Waals surface area (Å²) in [6.07, 6.45) is 4.00. The van der Waals surface area contributed by atoms with Crippen LogP contribution in [-0.2, 0) is 0 Å². The molecule has 2 N–H and O–H groups in total. The Bertz CT molecular complexity index is 107. The molecule has 2 nitrogen and oxygen atoms in total. The van der Waals surface area contributed by atoms with Crippen LogP contribution in [0.25, 0.3) is 0 Å². The highest BCUT2D eigenvalue weighted by atomic mass is 32.2. The summed E-state index contributed by atoms with van der Waals surface area (Å²) in [6, 6.07) is 0. The lowest BCUT2D eigenvalue weighted by atomic mass is 10.0. The maximum Gasteiger partial charge on any atom is 0.0743 e. The van der Waals surface area contributed by atoms with Gasteiger partial charge in [0.05, 0.1) is 5.60 Å². The summed E-state index contributed by atoms with van der Waals surface area (Å²) in [5.41, 5.74) is -0.521. The van der Waals surface area contributed by atoms with E-state index in [0.29, 0.717) is 6.54 Å². The molecule has 1 unspecified atom stereocenters. The van der Waals surface area contributed by atoms with E-state index in [1.54, 1.807) is 0 Å². The van der Waals surface area contributed by atoms with E-state index in [4.69, 9.17) is 0 Å². The van der Waals surface area contributed by atoms with Crippen LogP contribution in [0.1, 0.15) is 26.7 Å². The Morgan fingerprint density at radius 2 is 2.17 bits per heavy atom. The number of nitrogens with one attached hydrogen (secondary N) is 1. The number of thioether (sulfide) groups is 1. The fraction of sp³-hybridized carbons (Fsp3) is 1.00. The highest BCUT2D eigenvalue weighted by Crippen LogP contribution is 2.09. The highest BCUT2D eigenvalue weighted by Gasteiger charge is 2.17. The van der Waals surface area contributed by atoms with E-state index in [-0.39, 0.29) is 0 Å². The van der Waals surface area contributed by atoms with Crippen molar-refractivity contribution in [3.05, 3.63) is 0 Å². The molecule has 0 aromatic rings. The molecule has 74 valence electrons. The first-order chi connectivity index (χ1) is 5.62. The molecule has 0 heterocycles. The van der Waals surface area contributed by atoms with Crippen molar-refractivity contribution in [2.45, 2.75) is 32.3 Å². The third-order valence-electron chi connectivity index (χ3n) is 1.78. The molecule has 0 spiro atoms. The molecule has 1 atom stereocenters. The first-order valence-corrected chi connectivity index (χ1v) is 5.94. The lowest BCUT2D eigenvalue weighted by Gasteiger charge is -2.22. The van der Waals surface area contributed by atoms with E-state index in [0.717, 1.165) is 25.1 Å². The van der Waals surface area contributed by atoms with Crippen LogP contribution >= 0.6 is 11.8 Å². The van der Waals surface area contributed by atoms with Crippen molar-refractivity contribution in [3.8, 4) is 0 Å². The summed E-state index contributed by atoms with van der Waals surface area (Å²) < 4.78 is 0. The zero-order valence-corrected chi connectivity index (χ0v) is 9.21. The summed E-state index contributed by atoms with van der Waals surface area (Å²) in [7, 11) is 0. The van der Waals surface area contributed by atoms with Gasteiger partial charge in [-0.3, -0.25) is 0 Å². The lowest BCUT2D eigenvalue weighted by Crippen LogP contribution is -2.38. The number of hydrogen-bond donors (Lipinski definition) is 2. The smallest absolute Gasteiger partial charge is 0.0743 e. The van der Waals surface area contributed by atoms with E-state index in [9.17, 15) is 5.11 Å². The third kappa shape index (κ3) is 6.95. The molecule has 0 aromatic heterocycles. The van der Waals surface area contributed by atoms with Crippen LogP contribution in [-0.4, -0.2) is 35.8 Å². The molecule has 3 heteroatoms. The van der Waals surface area contributed by atoms with Gasteiger partial charge in [-0.2, -0.15) is 11.8 Å². The van der Waals surface area contributed by atoms with E-state index in [1.165, 1.54) is 0 Å². The molecule has 0 amide bonds. The number of hydrogen-bond acceptors (Lipinski definition) is 3. The second-order valence-electron chi connectivity index (χ2n) is 3.42. The molecule has 0 aliphatic rings. The summed E-state index contributed by atoms with van der Waals surface area (Å²) in [5, 5.41) is 13.0. The number of rotatable bonds is 7. The molecule has 0 radical (unpaired) electrons. The molecule has 0 fully saturated rings. The van der Waals surface area contributed by atoms with E-state index < -0.39 is 5.60 Å². The molecule has 0 aliphatic heterocycles. The minimum atomic E-state index is -0.521. The van der Waals surface area contributed by atoms with Crippen molar-refractivity contribution in [1.82, 2.24) is 5.32 Å². The molecule has 0 rings (SSSR count). The first-order valence-electron chi connectivity index (χ1n) is 4.54. The molecule has 0 aromatic carbocycles. The Kier molecular flexibility index (Phi) is 6.90. The van der Waals surface area contributed by atoms with Gasteiger partial charge in [-0.15, -0.1) is 0 Å². The van der Waals surface area contributed by atoms with E-state index in [2.05, 4.69) is 18.5 Å². The van der Waals surface area contributed by atoms with Gasteiger partial charge in [0.25, 0.3) is 0 Å². The van der Waals surface area contributed by atoms with Crippen LogP contribution in [0.2, 0.25) is 0 Å². The van der Waals surface area contributed by atoms with Crippen LogP contribution in [0.3, 0.4) is 0 Å². The fourth-order valence-electron chi connectivity index (χ4n) is 1.16. The van der Waals surface area contributed by atoms with E-state index in [1.807, 2.05) is 18.7 Å². The standard InChI is InChI=1S/C9H21NOS/c1-4-5-9(2,11)8-10-6-7-12-3/h10-11H,4-8H2,1-3H3. The van der Waals surface area contributed by atoms with Crippen molar-refractivity contribution in [1.29, 1.82) is 0 Å². The van der Waals surface area contributed by atoms with E-state index >= 15 is 0 Å². The fourth-order valence-corrected chi connectivity index (χ4v) is 1.51. The van der Waals surface area contributed by atoms with Crippen molar-refractivity contribution in [3.63, 3.8) is 0 Å². The summed E-state index contributed by atoms with van der Waals surface area (Å²) in [4.78, 5) is 0. The molecule has 0 aliphatic carbocycles. The highest BCUT2D eigenvalue weighted by molar-refractivity contribution is 7.98. The zero-order valence-electron chi connectivity index (χ0n) is 8.39. The van der Waals surface area contributed by atoms with Gasteiger partial charge in [0.2, 0.25) is 0 Å². The Hall–Kier alpha value is 0.270. The summed E-state index contributed by atoms with van der Waals surface area (Å²) in [5.74, 6) is 1.11. The van der Waals surface area contributed by atoms with Crippen molar-refractivity contribution in [2.24, 2.45) is 0 Å². The average Bonchev–Trinajstić information content (AvgIpc) is 1.98. The van der Waals surface area contributed by atoms with Crippen LogP contribution in [0.15, 0.2) is 0 Å².